The molecular weight excluding hydrogens is 238 g/mol. The van der Waals surface area contributed by atoms with Gasteiger partial charge in [0.15, 0.2) is 0 Å². The first-order valence-electron chi connectivity index (χ1n) is 3.29. The molecule has 0 aromatic rings. The van der Waals surface area contributed by atoms with Gasteiger partial charge in [-0.3, -0.25) is 0 Å². The van der Waals surface area contributed by atoms with Crippen molar-refractivity contribution in [2.24, 2.45) is 0 Å². The molecule has 90 valence electrons. The van der Waals surface area contributed by atoms with E-state index in [-0.39, 0.29) is 7.11 Å². The second-order valence-corrected chi connectivity index (χ2v) is 2.54. The van der Waals surface area contributed by atoms with Crippen LogP contribution in [0.25, 0.3) is 0 Å². The Morgan fingerprint density at radius 2 is 1.60 bits per heavy atom. The lowest BCUT2D eigenvalue weighted by Gasteiger charge is -2.29. The standard InChI is InChI=1S/C5H4F6O4/c1-13-3(7,8)2(6)4(9,12)15-5(10,11)14-2/h12H,1H3. The summed E-state index contributed by atoms with van der Waals surface area (Å²) in [7, 11) is 0.192. The highest BCUT2D eigenvalue weighted by Crippen LogP contribution is 2.53. The lowest BCUT2D eigenvalue weighted by Crippen LogP contribution is -2.58. The predicted molar refractivity (Wildman–Crippen MR) is 29.0 cm³/mol. The Labute approximate surface area is 78.3 Å². The summed E-state index contributed by atoms with van der Waals surface area (Å²) >= 11 is 0. The molecule has 0 aliphatic carbocycles. The van der Waals surface area contributed by atoms with Crippen molar-refractivity contribution in [2.75, 3.05) is 7.11 Å². The minimum Gasteiger partial charge on any atom is -0.335 e. The average Bonchev–Trinajstić information content (AvgIpc) is 2.16. The molecular formula is C5H4F6O4. The molecule has 1 saturated heterocycles. The zero-order valence-corrected chi connectivity index (χ0v) is 6.94. The van der Waals surface area contributed by atoms with E-state index in [0.29, 0.717) is 0 Å². The van der Waals surface area contributed by atoms with Crippen molar-refractivity contribution in [3.8, 4) is 0 Å². The minimum atomic E-state index is -5.17. The number of ether oxygens (including phenoxy) is 3. The zero-order valence-electron chi connectivity index (χ0n) is 6.94. The van der Waals surface area contributed by atoms with Crippen LogP contribution in [0.15, 0.2) is 0 Å². The Bertz CT molecular complexity index is 268. The van der Waals surface area contributed by atoms with Crippen molar-refractivity contribution in [1.82, 2.24) is 0 Å². The molecule has 0 spiro atoms. The fraction of sp³-hybridized carbons (Fsp3) is 1.00. The van der Waals surface area contributed by atoms with Crippen molar-refractivity contribution in [2.45, 2.75) is 24.3 Å². The molecule has 0 aromatic carbocycles. The molecule has 1 rings (SSSR count). The van der Waals surface area contributed by atoms with Crippen LogP contribution in [-0.4, -0.2) is 36.5 Å². The predicted octanol–water partition coefficient (Wildman–Crippen LogP) is 1.10. The molecule has 4 nitrogen and oxygen atoms in total. The first kappa shape index (κ1) is 12.5. The molecule has 1 heterocycles. The summed E-state index contributed by atoms with van der Waals surface area (Å²) < 4.78 is 83.4. The van der Waals surface area contributed by atoms with Crippen molar-refractivity contribution < 1.29 is 45.7 Å². The van der Waals surface area contributed by atoms with Gasteiger partial charge >= 0.3 is 24.3 Å². The van der Waals surface area contributed by atoms with Crippen LogP contribution in [0, 0.1) is 0 Å². The van der Waals surface area contributed by atoms with Crippen LogP contribution in [0.4, 0.5) is 26.3 Å². The van der Waals surface area contributed by atoms with Crippen molar-refractivity contribution >= 4 is 0 Å². The van der Waals surface area contributed by atoms with Gasteiger partial charge in [0.2, 0.25) is 0 Å². The van der Waals surface area contributed by atoms with Gasteiger partial charge in [0.25, 0.3) is 0 Å². The lowest BCUT2D eigenvalue weighted by molar-refractivity contribution is -0.442. The van der Waals surface area contributed by atoms with Gasteiger partial charge in [-0.25, -0.2) is 9.47 Å². The van der Waals surface area contributed by atoms with E-state index in [9.17, 15) is 26.3 Å². The highest BCUT2D eigenvalue weighted by atomic mass is 19.3. The fourth-order valence-electron chi connectivity index (χ4n) is 0.841. The Balaban J connectivity index is 3.14. The molecule has 1 N–H and O–H groups in total. The largest absolute Gasteiger partial charge is 0.493 e. The Morgan fingerprint density at radius 1 is 1.13 bits per heavy atom. The van der Waals surface area contributed by atoms with Crippen LogP contribution in [0.3, 0.4) is 0 Å². The molecule has 1 aliphatic heterocycles. The summed E-state index contributed by atoms with van der Waals surface area (Å²) in [6.45, 7) is 0. The summed E-state index contributed by atoms with van der Waals surface area (Å²) in [5, 5.41) is 8.29. The van der Waals surface area contributed by atoms with Crippen LogP contribution in [0.1, 0.15) is 0 Å². The molecule has 0 saturated carbocycles. The third-order valence-electron chi connectivity index (χ3n) is 1.54. The van der Waals surface area contributed by atoms with Gasteiger partial charge in [-0.2, -0.15) is 17.6 Å². The van der Waals surface area contributed by atoms with Gasteiger partial charge in [-0.05, 0) is 0 Å². The Kier molecular flexibility index (Phi) is 2.47. The summed E-state index contributed by atoms with van der Waals surface area (Å²) in [6, 6.07) is -5.05. The third kappa shape index (κ3) is 1.67. The fourth-order valence-corrected chi connectivity index (χ4v) is 0.841. The highest BCUT2D eigenvalue weighted by molar-refractivity contribution is 4.91. The van der Waals surface area contributed by atoms with Crippen LogP contribution in [0.2, 0.25) is 0 Å². The lowest BCUT2D eigenvalue weighted by atomic mass is 10.2. The van der Waals surface area contributed by atoms with Gasteiger partial charge in [0, 0.05) is 7.11 Å². The van der Waals surface area contributed by atoms with Crippen LogP contribution >= 0.6 is 0 Å². The van der Waals surface area contributed by atoms with Gasteiger partial charge < -0.3 is 9.84 Å². The first-order valence-corrected chi connectivity index (χ1v) is 3.29. The SMILES string of the molecule is COC(F)(F)C1(F)OC(F)(F)OC1(O)F. The summed E-state index contributed by atoms with van der Waals surface area (Å²) in [6.07, 6.45) is -10.2. The molecule has 0 amide bonds. The number of alkyl halides is 6. The van der Waals surface area contributed by atoms with Crippen molar-refractivity contribution in [3.63, 3.8) is 0 Å². The van der Waals surface area contributed by atoms with E-state index in [1.807, 2.05) is 0 Å². The van der Waals surface area contributed by atoms with Crippen molar-refractivity contribution in [1.29, 1.82) is 0 Å². The summed E-state index contributed by atoms with van der Waals surface area (Å²) in [5.41, 5.74) is 0. The molecule has 1 fully saturated rings. The number of hydrogen-bond acceptors (Lipinski definition) is 4. The smallest absolute Gasteiger partial charge is 0.335 e. The van der Waals surface area contributed by atoms with E-state index < -0.39 is 24.3 Å². The Hall–Kier alpha value is -0.580. The first-order chi connectivity index (χ1) is 6.47. The number of hydrogen-bond donors (Lipinski definition) is 1. The average molecular weight is 242 g/mol. The molecule has 1 aliphatic rings. The third-order valence-corrected chi connectivity index (χ3v) is 1.54. The molecule has 2 atom stereocenters. The molecule has 2 unspecified atom stereocenters. The number of halogens is 6. The van der Waals surface area contributed by atoms with E-state index in [1.54, 1.807) is 0 Å². The van der Waals surface area contributed by atoms with Crippen LogP contribution < -0.4 is 0 Å². The van der Waals surface area contributed by atoms with E-state index >= 15 is 0 Å². The second kappa shape index (κ2) is 2.97. The molecule has 0 aromatic heterocycles. The molecule has 10 heteroatoms. The van der Waals surface area contributed by atoms with Gasteiger partial charge in [0.1, 0.15) is 0 Å². The summed E-state index contributed by atoms with van der Waals surface area (Å²) in [4.78, 5) is 0. The number of aliphatic hydroxyl groups is 1. The normalized spacial score (nSPS) is 40.8. The van der Waals surface area contributed by atoms with Gasteiger partial charge in [0.05, 0.1) is 0 Å². The van der Waals surface area contributed by atoms with E-state index in [2.05, 4.69) is 14.2 Å². The maximum Gasteiger partial charge on any atom is 0.493 e. The summed E-state index contributed by atoms with van der Waals surface area (Å²) in [5.74, 6) is -5.17. The zero-order chi connectivity index (χ0) is 12.1. The van der Waals surface area contributed by atoms with Crippen molar-refractivity contribution in [3.05, 3.63) is 0 Å². The molecule has 0 bridgehead atoms. The van der Waals surface area contributed by atoms with Crippen LogP contribution in [-0.2, 0) is 14.2 Å². The monoisotopic (exact) mass is 242 g/mol. The topological polar surface area (TPSA) is 47.9 Å². The minimum absolute atomic E-state index is 0.192. The maximum atomic E-state index is 13.0. The molecule has 0 radical (unpaired) electrons. The Morgan fingerprint density at radius 3 is 1.87 bits per heavy atom. The van der Waals surface area contributed by atoms with E-state index in [0.717, 1.165) is 0 Å². The van der Waals surface area contributed by atoms with E-state index in [1.165, 1.54) is 0 Å². The van der Waals surface area contributed by atoms with Gasteiger partial charge in [-0.1, -0.05) is 0 Å². The maximum absolute atomic E-state index is 13.0. The quantitative estimate of drug-likeness (QED) is 0.736. The highest BCUT2D eigenvalue weighted by Gasteiger charge is 2.82. The number of methoxy groups -OCH3 is 1. The second-order valence-electron chi connectivity index (χ2n) is 2.54. The number of rotatable bonds is 2. The molecule has 15 heavy (non-hydrogen) atoms. The van der Waals surface area contributed by atoms with Gasteiger partial charge in [-0.15, -0.1) is 8.78 Å². The van der Waals surface area contributed by atoms with Crippen LogP contribution in [0.5, 0.6) is 0 Å². The van der Waals surface area contributed by atoms with E-state index in [4.69, 9.17) is 5.11 Å².